The number of likely N-dealkylation sites (tertiary alicyclic amines) is 1. The Bertz CT molecular complexity index is 594. The maximum Gasteiger partial charge on any atom is 0.242 e. The third-order valence-corrected chi connectivity index (χ3v) is 5.43. The lowest BCUT2D eigenvalue weighted by atomic mass is 10.1. The van der Waals surface area contributed by atoms with Gasteiger partial charge in [0.15, 0.2) is 0 Å². The molecule has 0 aromatic heterocycles. The number of hydrogen-bond donors (Lipinski definition) is 0. The van der Waals surface area contributed by atoms with E-state index >= 15 is 0 Å². The van der Waals surface area contributed by atoms with E-state index in [-0.39, 0.29) is 23.1 Å². The second-order valence-electron chi connectivity index (χ2n) is 6.57. The molecule has 0 unspecified atom stereocenters. The van der Waals surface area contributed by atoms with Crippen molar-refractivity contribution >= 4 is 29.3 Å². The molecule has 5 heteroatoms. The summed E-state index contributed by atoms with van der Waals surface area (Å²) >= 11 is 1.71. The highest BCUT2D eigenvalue weighted by Gasteiger charge is 2.34. The Balaban J connectivity index is 1.88. The van der Waals surface area contributed by atoms with Gasteiger partial charge in [0.2, 0.25) is 11.8 Å². The largest absolute Gasteiger partial charge is 0.341 e. The number of benzene rings is 1. The molecule has 2 amide bonds. The van der Waals surface area contributed by atoms with Crippen LogP contribution in [0.3, 0.4) is 0 Å². The summed E-state index contributed by atoms with van der Waals surface area (Å²) in [5, 5.41) is 0. The first-order chi connectivity index (χ1) is 10.5. The molecule has 1 saturated heterocycles. The molecule has 22 heavy (non-hydrogen) atoms. The van der Waals surface area contributed by atoms with Crippen LogP contribution in [0.5, 0.6) is 0 Å². The zero-order valence-electron chi connectivity index (χ0n) is 13.2. The van der Waals surface area contributed by atoms with Crippen molar-refractivity contribution in [3.63, 3.8) is 0 Å². The van der Waals surface area contributed by atoms with E-state index in [1.807, 2.05) is 29.2 Å². The summed E-state index contributed by atoms with van der Waals surface area (Å²) < 4.78 is -0.154. The number of hydrogen-bond acceptors (Lipinski definition) is 3. The van der Waals surface area contributed by atoms with E-state index in [0.717, 1.165) is 36.5 Å². The summed E-state index contributed by atoms with van der Waals surface area (Å²) in [6.45, 7) is 5.97. The Morgan fingerprint density at radius 3 is 2.64 bits per heavy atom. The van der Waals surface area contributed by atoms with Crippen LogP contribution in [-0.4, -0.2) is 41.1 Å². The molecule has 0 bridgehead atoms. The van der Waals surface area contributed by atoms with Gasteiger partial charge in [0.25, 0.3) is 0 Å². The normalized spacial score (nSPS) is 20.7. The Morgan fingerprint density at radius 1 is 1.23 bits per heavy atom. The number of thioether (sulfide) groups is 1. The monoisotopic (exact) mass is 318 g/mol. The number of para-hydroxylation sites is 1. The standard InChI is InChI=1S/C17H22N2O2S/c1-17(2)11-15(20)19(12-16(21)18-9-5-6-10-18)13-7-3-4-8-14(13)22-17/h3-4,7-8H,5-6,9-12H2,1-2H3. The van der Waals surface area contributed by atoms with E-state index in [1.165, 1.54) is 0 Å². The van der Waals surface area contributed by atoms with Crippen LogP contribution in [0.15, 0.2) is 29.2 Å². The van der Waals surface area contributed by atoms with Gasteiger partial charge in [0, 0.05) is 29.2 Å². The Hall–Kier alpha value is -1.49. The van der Waals surface area contributed by atoms with Crippen molar-refractivity contribution in [3.05, 3.63) is 24.3 Å². The highest BCUT2D eigenvalue weighted by molar-refractivity contribution is 8.00. The van der Waals surface area contributed by atoms with E-state index in [2.05, 4.69) is 13.8 Å². The lowest BCUT2D eigenvalue weighted by Gasteiger charge is -2.25. The van der Waals surface area contributed by atoms with Gasteiger partial charge in [-0.15, -0.1) is 11.8 Å². The summed E-state index contributed by atoms with van der Waals surface area (Å²) in [4.78, 5) is 29.8. The predicted octanol–water partition coefficient (Wildman–Crippen LogP) is 2.92. The molecule has 0 atom stereocenters. The molecular formula is C17H22N2O2S. The molecule has 1 aromatic rings. The fraction of sp³-hybridized carbons (Fsp3) is 0.529. The number of nitrogens with zero attached hydrogens (tertiary/aromatic N) is 2. The SMILES string of the molecule is CC1(C)CC(=O)N(CC(=O)N2CCCC2)c2ccccc2S1. The van der Waals surface area contributed by atoms with Gasteiger partial charge in [-0.1, -0.05) is 12.1 Å². The zero-order valence-corrected chi connectivity index (χ0v) is 14.0. The van der Waals surface area contributed by atoms with E-state index in [1.54, 1.807) is 16.7 Å². The van der Waals surface area contributed by atoms with Gasteiger partial charge in [0.1, 0.15) is 6.54 Å². The first-order valence-corrected chi connectivity index (χ1v) is 8.64. The van der Waals surface area contributed by atoms with Crippen molar-refractivity contribution < 1.29 is 9.59 Å². The average molecular weight is 318 g/mol. The van der Waals surface area contributed by atoms with Gasteiger partial charge in [-0.3, -0.25) is 9.59 Å². The average Bonchev–Trinajstić information content (AvgIpc) is 2.95. The lowest BCUT2D eigenvalue weighted by molar-refractivity contribution is -0.130. The molecule has 0 radical (unpaired) electrons. The number of fused-ring (bicyclic) bond motifs is 1. The van der Waals surface area contributed by atoms with Gasteiger partial charge in [-0.25, -0.2) is 0 Å². The molecule has 3 rings (SSSR count). The smallest absolute Gasteiger partial charge is 0.242 e. The lowest BCUT2D eigenvalue weighted by Crippen LogP contribution is -2.42. The fourth-order valence-corrected chi connectivity index (χ4v) is 4.29. The van der Waals surface area contributed by atoms with Crippen LogP contribution in [0.1, 0.15) is 33.1 Å². The highest BCUT2D eigenvalue weighted by Crippen LogP contribution is 2.43. The second-order valence-corrected chi connectivity index (χ2v) is 8.32. The minimum absolute atomic E-state index is 0.0370. The second kappa shape index (κ2) is 5.95. The van der Waals surface area contributed by atoms with E-state index < -0.39 is 0 Å². The number of rotatable bonds is 2. The summed E-state index contributed by atoms with van der Waals surface area (Å²) in [6, 6.07) is 7.89. The molecule has 2 heterocycles. The first kappa shape index (κ1) is 15.4. The topological polar surface area (TPSA) is 40.6 Å². The molecule has 0 spiro atoms. The first-order valence-electron chi connectivity index (χ1n) is 7.82. The molecule has 0 saturated carbocycles. The molecule has 0 N–H and O–H groups in total. The van der Waals surface area contributed by atoms with Crippen LogP contribution in [0, 0.1) is 0 Å². The molecular weight excluding hydrogens is 296 g/mol. The third kappa shape index (κ3) is 3.14. The van der Waals surface area contributed by atoms with Crippen LogP contribution in [0.4, 0.5) is 5.69 Å². The van der Waals surface area contributed by atoms with Crippen LogP contribution < -0.4 is 4.90 Å². The maximum atomic E-state index is 12.7. The van der Waals surface area contributed by atoms with Crippen LogP contribution in [0.2, 0.25) is 0 Å². The van der Waals surface area contributed by atoms with Gasteiger partial charge in [-0.2, -0.15) is 0 Å². The molecule has 2 aliphatic heterocycles. The summed E-state index contributed by atoms with van der Waals surface area (Å²) in [7, 11) is 0. The van der Waals surface area contributed by atoms with Crippen molar-refractivity contribution in [1.29, 1.82) is 0 Å². The van der Waals surface area contributed by atoms with Crippen LogP contribution >= 0.6 is 11.8 Å². The predicted molar refractivity (Wildman–Crippen MR) is 89.2 cm³/mol. The van der Waals surface area contributed by atoms with Crippen LogP contribution in [-0.2, 0) is 9.59 Å². The Labute approximate surface area is 135 Å². The molecule has 118 valence electrons. The van der Waals surface area contributed by atoms with Crippen LogP contribution in [0.25, 0.3) is 0 Å². The number of anilines is 1. The molecule has 4 nitrogen and oxygen atoms in total. The van der Waals surface area contributed by atoms with Gasteiger partial charge < -0.3 is 9.80 Å². The van der Waals surface area contributed by atoms with Gasteiger partial charge >= 0.3 is 0 Å². The molecule has 2 aliphatic rings. The number of carbonyl (C=O) groups is 2. The molecule has 0 aliphatic carbocycles. The van der Waals surface area contributed by atoms with Crippen molar-refractivity contribution in [2.24, 2.45) is 0 Å². The maximum absolute atomic E-state index is 12.7. The zero-order chi connectivity index (χ0) is 15.7. The van der Waals surface area contributed by atoms with E-state index in [4.69, 9.17) is 0 Å². The summed E-state index contributed by atoms with van der Waals surface area (Å²) in [5.74, 6) is 0.0976. The molecule has 1 fully saturated rings. The fourth-order valence-electron chi connectivity index (χ4n) is 3.07. The number of carbonyl (C=O) groups excluding carboxylic acids is 2. The van der Waals surface area contributed by atoms with Crippen molar-refractivity contribution in [1.82, 2.24) is 4.90 Å². The highest BCUT2D eigenvalue weighted by atomic mass is 32.2. The van der Waals surface area contributed by atoms with Crippen molar-refractivity contribution in [3.8, 4) is 0 Å². The number of amides is 2. The van der Waals surface area contributed by atoms with E-state index in [9.17, 15) is 9.59 Å². The van der Waals surface area contributed by atoms with Gasteiger partial charge in [-0.05, 0) is 38.8 Å². The quantitative estimate of drug-likeness (QED) is 0.842. The minimum Gasteiger partial charge on any atom is -0.341 e. The Kier molecular flexibility index (Phi) is 4.17. The molecule has 1 aromatic carbocycles. The van der Waals surface area contributed by atoms with Crippen molar-refractivity contribution in [2.45, 2.75) is 42.8 Å². The van der Waals surface area contributed by atoms with Crippen molar-refractivity contribution in [2.75, 3.05) is 24.5 Å². The minimum atomic E-state index is -0.154. The Morgan fingerprint density at radius 2 is 1.91 bits per heavy atom. The van der Waals surface area contributed by atoms with E-state index in [0.29, 0.717) is 6.42 Å². The summed E-state index contributed by atoms with van der Waals surface area (Å²) in [5.41, 5.74) is 0.871. The van der Waals surface area contributed by atoms with Gasteiger partial charge in [0.05, 0.1) is 5.69 Å². The third-order valence-electron chi connectivity index (χ3n) is 4.17. The summed E-state index contributed by atoms with van der Waals surface area (Å²) in [6.07, 6.45) is 2.58.